The lowest BCUT2D eigenvalue weighted by Crippen LogP contribution is -2.36. The molecule has 0 aliphatic carbocycles. The van der Waals surface area contributed by atoms with Crippen molar-refractivity contribution in [1.82, 2.24) is 9.97 Å². The quantitative estimate of drug-likeness (QED) is 0.290. The van der Waals surface area contributed by atoms with Gasteiger partial charge in [-0.25, -0.2) is 9.78 Å². The standard InChI is InChI=1S/C30H28N4O7/c1-38-21-5-2-18(3-6-21)17-40-26-16-20(34-10-12-39-13-11-34)15-24(33-26)27-29-22(8-9-31-27)28(35)23-14-19(32-30(36)37)4-7-25(23)41-29/h2-9,14-16,28,32,35H,10-13,17H2,1H3,(H,36,37). The number of carboxylic acid groups (broad SMARTS) is 1. The van der Waals surface area contributed by atoms with Gasteiger partial charge in [-0.1, -0.05) is 12.1 Å². The van der Waals surface area contributed by atoms with Crippen LogP contribution in [0.3, 0.4) is 0 Å². The highest BCUT2D eigenvalue weighted by atomic mass is 16.5. The van der Waals surface area contributed by atoms with Gasteiger partial charge in [-0.2, -0.15) is 0 Å². The van der Waals surface area contributed by atoms with Crippen LogP contribution < -0.4 is 24.4 Å². The van der Waals surface area contributed by atoms with Gasteiger partial charge in [0.25, 0.3) is 0 Å². The topological polar surface area (TPSA) is 136 Å². The number of carbonyl (C=O) groups is 1. The average Bonchev–Trinajstić information content (AvgIpc) is 3.00. The molecule has 1 fully saturated rings. The van der Waals surface area contributed by atoms with Crippen molar-refractivity contribution in [3.63, 3.8) is 0 Å². The van der Waals surface area contributed by atoms with Crippen molar-refractivity contribution < 1.29 is 34.0 Å². The van der Waals surface area contributed by atoms with E-state index in [-0.39, 0.29) is 0 Å². The summed E-state index contributed by atoms with van der Waals surface area (Å²) in [7, 11) is 1.62. The number of nitrogens with zero attached hydrogens (tertiary/aromatic N) is 3. The molecule has 2 aliphatic rings. The van der Waals surface area contributed by atoms with Gasteiger partial charge < -0.3 is 34.1 Å². The largest absolute Gasteiger partial charge is 0.497 e. The fraction of sp³-hybridized carbons (Fsp3) is 0.233. The Hall–Kier alpha value is -4.87. The number of methoxy groups -OCH3 is 1. The van der Waals surface area contributed by atoms with Gasteiger partial charge in [0.1, 0.15) is 29.9 Å². The summed E-state index contributed by atoms with van der Waals surface area (Å²) in [6.45, 7) is 2.97. The molecule has 0 bridgehead atoms. The van der Waals surface area contributed by atoms with Gasteiger partial charge in [0, 0.05) is 47.9 Å². The highest BCUT2D eigenvalue weighted by Crippen LogP contribution is 2.47. The van der Waals surface area contributed by atoms with E-state index >= 15 is 0 Å². The number of anilines is 2. The number of aromatic nitrogens is 2. The van der Waals surface area contributed by atoms with E-state index in [9.17, 15) is 9.90 Å². The molecular formula is C30H28N4O7. The minimum atomic E-state index is -1.20. The molecule has 3 N–H and O–H groups in total. The SMILES string of the molecule is COc1ccc(COc2cc(N3CCOCC3)cc(-c3nccc4c3Oc3ccc(NC(=O)O)cc3C4O)n2)cc1. The summed E-state index contributed by atoms with van der Waals surface area (Å²) in [6.07, 6.45) is -0.662. The molecule has 0 saturated carbocycles. The van der Waals surface area contributed by atoms with Crippen LogP contribution >= 0.6 is 0 Å². The molecule has 11 heteroatoms. The van der Waals surface area contributed by atoms with Gasteiger partial charge in [-0.05, 0) is 48.0 Å². The van der Waals surface area contributed by atoms with E-state index in [0.717, 1.165) is 30.1 Å². The number of morpholine rings is 1. The third kappa shape index (κ3) is 5.58. The van der Waals surface area contributed by atoms with Crippen LogP contribution in [0.4, 0.5) is 16.2 Å². The summed E-state index contributed by atoms with van der Waals surface area (Å²) < 4.78 is 23.2. The number of hydrogen-bond acceptors (Lipinski definition) is 9. The number of hydrogen-bond donors (Lipinski definition) is 3. The predicted octanol–water partition coefficient (Wildman–Crippen LogP) is 4.85. The summed E-state index contributed by atoms with van der Waals surface area (Å²) in [4.78, 5) is 22.7. The van der Waals surface area contributed by atoms with Crippen LogP contribution in [0.2, 0.25) is 0 Å². The Morgan fingerprint density at radius 1 is 1.07 bits per heavy atom. The van der Waals surface area contributed by atoms with Crippen LogP contribution in [0.25, 0.3) is 11.4 Å². The summed E-state index contributed by atoms with van der Waals surface area (Å²) in [5, 5.41) is 22.6. The molecule has 1 saturated heterocycles. The van der Waals surface area contributed by atoms with Crippen molar-refractivity contribution in [3.8, 4) is 34.5 Å². The first kappa shape index (κ1) is 26.4. The van der Waals surface area contributed by atoms with Gasteiger partial charge in [-0.3, -0.25) is 10.3 Å². The van der Waals surface area contributed by atoms with Crippen molar-refractivity contribution in [2.45, 2.75) is 12.7 Å². The van der Waals surface area contributed by atoms with Crippen LogP contribution in [-0.4, -0.2) is 59.7 Å². The number of aliphatic hydroxyl groups is 1. The molecule has 1 atom stereocenters. The number of benzene rings is 2. The number of amides is 1. The van der Waals surface area contributed by atoms with Crippen LogP contribution in [0.1, 0.15) is 22.8 Å². The number of fused-ring (bicyclic) bond motifs is 2. The monoisotopic (exact) mass is 556 g/mol. The van der Waals surface area contributed by atoms with Crippen molar-refractivity contribution in [1.29, 1.82) is 0 Å². The van der Waals surface area contributed by atoms with Gasteiger partial charge in [0.2, 0.25) is 5.88 Å². The molecule has 210 valence electrons. The van der Waals surface area contributed by atoms with Crippen LogP contribution in [0.5, 0.6) is 23.1 Å². The maximum absolute atomic E-state index is 11.2. The molecule has 1 amide bonds. The molecule has 4 heterocycles. The Kier molecular flexibility index (Phi) is 7.28. The first-order valence-corrected chi connectivity index (χ1v) is 13.1. The van der Waals surface area contributed by atoms with Gasteiger partial charge in [-0.15, -0.1) is 0 Å². The Morgan fingerprint density at radius 3 is 2.63 bits per heavy atom. The zero-order chi connectivity index (χ0) is 28.3. The van der Waals surface area contributed by atoms with Gasteiger partial charge in [0.15, 0.2) is 5.75 Å². The molecule has 2 aromatic heterocycles. The van der Waals surface area contributed by atoms with Crippen molar-refractivity contribution in [2.24, 2.45) is 0 Å². The Morgan fingerprint density at radius 2 is 1.88 bits per heavy atom. The smallest absolute Gasteiger partial charge is 0.409 e. The first-order valence-electron chi connectivity index (χ1n) is 13.1. The predicted molar refractivity (Wildman–Crippen MR) is 150 cm³/mol. The van der Waals surface area contributed by atoms with Crippen molar-refractivity contribution in [3.05, 3.63) is 83.6 Å². The molecular weight excluding hydrogens is 528 g/mol. The maximum atomic E-state index is 11.2. The second kappa shape index (κ2) is 11.3. The van der Waals surface area contributed by atoms with Gasteiger partial charge in [0.05, 0.1) is 26.0 Å². The molecule has 1 unspecified atom stereocenters. The lowest BCUT2D eigenvalue weighted by Gasteiger charge is -2.30. The number of aliphatic hydroxyl groups excluding tert-OH is 1. The second-order valence-corrected chi connectivity index (χ2v) is 9.55. The Bertz CT molecular complexity index is 1570. The van der Waals surface area contributed by atoms with E-state index in [1.807, 2.05) is 36.4 Å². The fourth-order valence-electron chi connectivity index (χ4n) is 4.87. The molecule has 6 rings (SSSR count). The number of ether oxygens (including phenoxy) is 4. The molecule has 2 aliphatic heterocycles. The summed E-state index contributed by atoms with van der Waals surface area (Å²) in [5.41, 5.74) is 4.10. The lowest BCUT2D eigenvalue weighted by molar-refractivity contribution is 0.122. The average molecular weight is 557 g/mol. The van der Waals surface area contributed by atoms with Gasteiger partial charge >= 0.3 is 6.09 Å². The molecule has 41 heavy (non-hydrogen) atoms. The van der Waals surface area contributed by atoms with Crippen molar-refractivity contribution in [2.75, 3.05) is 43.6 Å². The molecule has 11 nitrogen and oxygen atoms in total. The number of pyridine rings is 2. The van der Waals surface area contributed by atoms with E-state index in [4.69, 9.17) is 29.0 Å². The third-order valence-corrected chi connectivity index (χ3v) is 6.95. The summed E-state index contributed by atoms with van der Waals surface area (Å²) in [6, 6.07) is 17.9. The zero-order valence-electron chi connectivity index (χ0n) is 22.2. The summed E-state index contributed by atoms with van der Waals surface area (Å²) in [5.74, 6) is 1.96. The van der Waals surface area contributed by atoms with E-state index < -0.39 is 12.2 Å². The molecule has 2 aromatic carbocycles. The molecule has 4 aromatic rings. The molecule has 0 spiro atoms. The van der Waals surface area contributed by atoms with Crippen molar-refractivity contribution >= 4 is 17.5 Å². The Labute approximate surface area is 235 Å². The van der Waals surface area contributed by atoms with E-state index in [2.05, 4.69) is 15.2 Å². The third-order valence-electron chi connectivity index (χ3n) is 6.95. The van der Waals surface area contributed by atoms with Crippen LogP contribution in [0, 0.1) is 0 Å². The normalized spacial score (nSPS) is 15.8. The fourth-order valence-corrected chi connectivity index (χ4v) is 4.87. The maximum Gasteiger partial charge on any atom is 0.409 e. The summed E-state index contributed by atoms with van der Waals surface area (Å²) >= 11 is 0. The Balaban J connectivity index is 1.36. The van der Waals surface area contributed by atoms with Crippen LogP contribution in [-0.2, 0) is 11.3 Å². The number of nitrogens with one attached hydrogen (secondary N) is 1. The molecule has 0 radical (unpaired) electrons. The number of rotatable bonds is 7. The van der Waals surface area contributed by atoms with E-state index in [1.54, 1.807) is 37.6 Å². The lowest BCUT2D eigenvalue weighted by atomic mass is 9.96. The minimum Gasteiger partial charge on any atom is -0.497 e. The van der Waals surface area contributed by atoms with E-state index in [1.165, 1.54) is 0 Å². The highest BCUT2D eigenvalue weighted by molar-refractivity contribution is 5.83. The van der Waals surface area contributed by atoms with Crippen LogP contribution in [0.15, 0.2) is 66.9 Å². The highest BCUT2D eigenvalue weighted by Gasteiger charge is 2.30. The minimum absolute atomic E-state index is 0.304. The first-order chi connectivity index (χ1) is 20.0. The zero-order valence-corrected chi connectivity index (χ0v) is 22.2. The van der Waals surface area contributed by atoms with E-state index in [0.29, 0.717) is 65.4 Å². The second-order valence-electron chi connectivity index (χ2n) is 9.55.